The van der Waals surface area contributed by atoms with E-state index in [0.717, 1.165) is 11.1 Å². The van der Waals surface area contributed by atoms with Gasteiger partial charge < -0.3 is 19.9 Å². The van der Waals surface area contributed by atoms with Crippen molar-refractivity contribution >= 4 is 17.5 Å². The summed E-state index contributed by atoms with van der Waals surface area (Å²) < 4.78 is 10.9. The van der Waals surface area contributed by atoms with E-state index in [1.165, 1.54) is 0 Å². The van der Waals surface area contributed by atoms with Crippen molar-refractivity contribution in [2.45, 2.75) is 19.4 Å². The molecule has 2 heterocycles. The molecule has 0 bridgehead atoms. The van der Waals surface area contributed by atoms with Gasteiger partial charge in [-0.05, 0) is 30.2 Å². The van der Waals surface area contributed by atoms with Gasteiger partial charge in [0.25, 0.3) is 11.8 Å². The number of anilines is 1. The zero-order chi connectivity index (χ0) is 19.5. The average molecular weight is 377 g/mol. The molecule has 2 amide bonds. The number of carbonyl (C=O) groups excluding carboxylic acids is 2. The molecular weight excluding hydrogens is 358 g/mol. The van der Waals surface area contributed by atoms with Crippen molar-refractivity contribution in [3.8, 4) is 5.75 Å². The van der Waals surface area contributed by atoms with Crippen LogP contribution in [0.15, 0.2) is 59.1 Å². The van der Waals surface area contributed by atoms with E-state index >= 15 is 0 Å². The molecule has 28 heavy (non-hydrogen) atoms. The van der Waals surface area contributed by atoms with Crippen molar-refractivity contribution in [2.75, 3.05) is 11.9 Å². The van der Waals surface area contributed by atoms with Gasteiger partial charge in [-0.25, -0.2) is 0 Å². The second-order valence-corrected chi connectivity index (χ2v) is 6.67. The third kappa shape index (κ3) is 3.88. The summed E-state index contributed by atoms with van der Waals surface area (Å²) in [6, 6.07) is 16.0. The zero-order valence-corrected chi connectivity index (χ0v) is 15.3. The Balaban J connectivity index is 1.42. The van der Waals surface area contributed by atoms with Crippen LogP contribution in [0.1, 0.15) is 27.4 Å². The molecule has 1 aromatic heterocycles. The molecule has 1 unspecified atom stereocenters. The fourth-order valence-electron chi connectivity index (χ4n) is 2.98. The summed E-state index contributed by atoms with van der Waals surface area (Å²) in [4.78, 5) is 24.9. The van der Waals surface area contributed by atoms with Crippen LogP contribution in [-0.2, 0) is 11.2 Å². The molecule has 0 radical (unpaired) electrons. The number of amides is 2. The van der Waals surface area contributed by atoms with Gasteiger partial charge in [-0.15, -0.1) is 0 Å². The maximum Gasteiger partial charge on any atom is 0.274 e. The number of fused-ring (bicyclic) bond motifs is 1. The SMILES string of the molecule is Cc1ccc2c(c1)NC(=O)C(NC(=O)c1cc(Cc3ccccc3)on1)CO2. The summed E-state index contributed by atoms with van der Waals surface area (Å²) in [6.07, 6.45) is 0.531. The Morgan fingerprint density at radius 1 is 1.21 bits per heavy atom. The molecule has 1 aliphatic rings. The minimum absolute atomic E-state index is 0.0301. The quantitative estimate of drug-likeness (QED) is 0.729. The first-order valence-corrected chi connectivity index (χ1v) is 8.93. The molecular formula is C21H19N3O4. The number of benzene rings is 2. The lowest BCUT2D eigenvalue weighted by Crippen LogP contribution is -2.46. The number of aromatic nitrogens is 1. The van der Waals surface area contributed by atoms with Crippen molar-refractivity contribution in [1.82, 2.24) is 10.5 Å². The Hall–Kier alpha value is -3.61. The van der Waals surface area contributed by atoms with E-state index < -0.39 is 11.9 Å². The van der Waals surface area contributed by atoms with Gasteiger partial charge >= 0.3 is 0 Å². The first-order valence-electron chi connectivity index (χ1n) is 8.93. The van der Waals surface area contributed by atoms with E-state index in [1.807, 2.05) is 49.4 Å². The molecule has 0 spiro atoms. The highest BCUT2D eigenvalue weighted by molar-refractivity contribution is 6.01. The van der Waals surface area contributed by atoms with Crippen molar-refractivity contribution < 1.29 is 18.8 Å². The number of ether oxygens (including phenoxy) is 1. The number of nitrogens with one attached hydrogen (secondary N) is 2. The number of rotatable bonds is 4. The van der Waals surface area contributed by atoms with Gasteiger partial charge in [0, 0.05) is 12.5 Å². The van der Waals surface area contributed by atoms with Gasteiger partial charge in [0.05, 0.1) is 5.69 Å². The first kappa shape index (κ1) is 17.8. The van der Waals surface area contributed by atoms with Crippen LogP contribution in [0.25, 0.3) is 0 Å². The normalized spacial score (nSPS) is 15.8. The summed E-state index contributed by atoms with van der Waals surface area (Å²) in [5.41, 5.74) is 2.76. The van der Waals surface area contributed by atoms with Crippen LogP contribution in [-0.4, -0.2) is 29.6 Å². The number of aryl methyl sites for hydroxylation is 1. The maximum atomic E-state index is 12.5. The maximum absolute atomic E-state index is 12.5. The van der Waals surface area contributed by atoms with Gasteiger partial charge in [-0.1, -0.05) is 41.6 Å². The van der Waals surface area contributed by atoms with Crippen molar-refractivity contribution in [1.29, 1.82) is 0 Å². The van der Waals surface area contributed by atoms with E-state index in [0.29, 0.717) is 23.6 Å². The highest BCUT2D eigenvalue weighted by atomic mass is 16.5. The second kappa shape index (κ2) is 7.56. The van der Waals surface area contributed by atoms with Crippen LogP contribution in [0, 0.1) is 6.92 Å². The number of nitrogens with zero attached hydrogens (tertiary/aromatic N) is 1. The van der Waals surface area contributed by atoms with E-state index in [4.69, 9.17) is 9.26 Å². The fraction of sp³-hybridized carbons (Fsp3) is 0.190. The number of hydrogen-bond acceptors (Lipinski definition) is 5. The summed E-state index contributed by atoms with van der Waals surface area (Å²) >= 11 is 0. The summed E-state index contributed by atoms with van der Waals surface area (Å²) in [5, 5.41) is 9.26. The topological polar surface area (TPSA) is 93.5 Å². The zero-order valence-electron chi connectivity index (χ0n) is 15.3. The Morgan fingerprint density at radius 2 is 2.04 bits per heavy atom. The lowest BCUT2D eigenvalue weighted by molar-refractivity contribution is -0.118. The van der Waals surface area contributed by atoms with Crippen molar-refractivity contribution in [2.24, 2.45) is 0 Å². The molecule has 0 saturated carbocycles. The molecule has 3 aromatic rings. The minimum atomic E-state index is -0.838. The van der Waals surface area contributed by atoms with Crippen LogP contribution < -0.4 is 15.4 Å². The van der Waals surface area contributed by atoms with Crippen LogP contribution in [0.3, 0.4) is 0 Å². The highest BCUT2D eigenvalue weighted by Gasteiger charge is 2.27. The summed E-state index contributed by atoms with van der Waals surface area (Å²) in [6.45, 7) is 1.95. The largest absolute Gasteiger partial charge is 0.489 e. The van der Waals surface area contributed by atoms with E-state index in [-0.39, 0.29) is 18.2 Å². The van der Waals surface area contributed by atoms with Crippen molar-refractivity contribution in [3.05, 3.63) is 77.2 Å². The smallest absolute Gasteiger partial charge is 0.274 e. The van der Waals surface area contributed by atoms with E-state index in [2.05, 4.69) is 15.8 Å². The third-order valence-electron chi connectivity index (χ3n) is 4.43. The number of carbonyl (C=O) groups is 2. The minimum Gasteiger partial charge on any atom is -0.489 e. The molecule has 1 atom stereocenters. The molecule has 4 rings (SSSR count). The van der Waals surface area contributed by atoms with Crippen LogP contribution in [0.4, 0.5) is 5.69 Å². The van der Waals surface area contributed by atoms with Crippen molar-refractivity contribution in [3.63, 3.8) is 0 Å². The van der Waals surface area contributed by atoms with E-state index in [9.17, 15) is 9.59 Å². The Morgan fingerprint density at radius 3 is 2.86 bits per heavy atom. The predicted molar refractivity (Wildman–Crippen MR) is 102 cm³/mol. The molecule has 142 valence electrons. The Labute approximate surface area is 161 Å². The van der Waals surface area contributed by atoms with Gasteiger partial charge in [0.2, 0.25) is 0 Å². The van der Waals surface area contributed by atoms with Gasteiger partial charge in [-0.3, -0.25) is 9.59 Å². The van der Waals surface area contributed by atoms with E-state index in [1.54, 1.807) is 12.1 Å². The van der Waals surface area contributed by atoms with Gasteiger partial charge in [0.15, 0.2) is 5.69 Å². The van der Waals surface area contributed by atoms with Crippen LogP contribution >= 0.6 is 0 Å². The predicted octanol–water partition coefficient (Wildman–Crippen LogP) is 2.70. The third-order valence-corrected chi connectivity index (χ3v) is 4.43. The lowest BCUT2D eigenvalue weighted by Gasteiger charge is -2.13. The molecule has 2 N–H and O–H groups in total. The Bertz CT molecular complexity index is 1010. The molecule has 2 aromatic carbocycles. The number of hydrogen-bond donors (Lipinski definition) is 2. The average Bonchev–Trinajstić information content (AvgIpc) is 3.09. The molecule has 0 saturated heterocycles. The Kier molecular flexibility index (Phi) is 4.80. The molecule has 7 heteroatoms. The second-order valence-electron chi connectivity index (χ2n) is 6.67. The molecule has 0 fully saturated rings. The molecule has 1 aliphatic heterocycles. The molecule has 0 aliphatic carbocycles. The monoisotopic (exact) mass is 377 g/mol. The first-order chi connectivity index (χ1) is 13.6. The fourth-order valence-corrected chi connectivity index (χ4v) is 2.98. The summed E-state index contributed by atoms with van der Waals surface area (Å²) in [7, 11) is 0. The standard InChI is InChI=1S/C21H19N3O4/c1-13-7-8-19-16(9-13)22-21(26)18(12-27-19)23-20(25)17-11-15(28-24-17)10-14-5-3-2-4-6-14/h2-9,11,18H,10,12H2,1H3,(H,22,26)(H,23,25). The van der Waals surface area contributed by atoms with Gasteiger partial charge in [-0.2, -0.15) is 0 Å². The molecule has 7 nitrogen and oxygen atoms in total. The van der Waals surface area contributed by atoms with Gasteiger partial charge in [0.1, 0.15) is 24.2 Å². The van der Waals surface area contributed by atoms with Crippen LogP contribution in [0.2, 0.25) is 0 Å². The summed E-state index contributed by atoms with van der Waals surface area (Å²) in [5.74, 6) is 0.308. The lowest BCUT2D eigenvalue weighted by atomic mass is 10.1. The van der Waals surface area contributed by atoms with Crippen LogP contribution in [0.5, 0.6) is 5.75 Å². The highest BCUT2D eigenvalue weighted by Crippen LogP contribution is 2.27.